The normalized spacial score (nSPS) is 16.7. The molecule has 0 spiro atoms. The van der Waals surface area contributed by atoms with E-state index in [1.807, 2.05) is 6.92 Å². The molecule has 7 heteroatoms. The lowest BCUT2D eigenvalue weighted by Crippen LogP contribution is -2.32. The third-order valence-corrected chi connectivity index (χ3v) is 4.29. The van der Waals surface area contributed by atoms with Crippen LogP contribution in [0.15, 0.2) is 30.3 Å². The van der Waals surface area contributed by atoms with Crippen LogP contribution in [0.1, 0.15) is 36.8 Å². The smallest absolute Gasteiger partial charge is 0.225 e. The van der Waals surface area contributed by atoms with Crippen molar-refractivity contribution in [3.8, 4) is 11.6 Å². The lowest BCUT2D eigenvalue weighted by Gasteiger charge is -2.24. The molecule has 0 N–H and O–H groups in total. The van der Waals surface area contributed by atoms with Gasteiger partial charge >= 0.3 is 0 Å². The number of aromatic nitrogens is 2. The average molecular weight is 359 g/mol. The van der Waals surface area contributed by atoms with Crippen molar-refractivity contribution in [2.75, 3.05) is 20.3 Å². The summed E-state index contributed by atoms with van der Waals surface area (Å²) in [6, 6.07) is 7.63. The second-order valence-corrected chi connectivity index (χ2v) is 6.23. The summed E-state index contributed by atoms with van der Waals surface area (Å²) in [7, 11) is 1.57. The van der Waals surface area contributed by atoms with Crippen molar-refractivity contribution < 1.29 is 18.7 Å². The minimum absolute atomic E-state index is 0.0241. The van der Waals surface area contributed by atoms with Crippen molar-refractivity contribution in [2.45, 2.75) is 32.2 Å². The van der Waals surface area contributed by atoms with Crippen molar-refractivity contribution >= 4 is 5.91 Å². The van der Waals surface area contributed by atoms with Gasteiger partial charge in [0.05, 0.1) is 19.1 Å². The fraction of sp³-hybridized carbons (Fsp3) is 0.421. The highest BCUT2D eigenvalue weighted by atomic mass is 19.1. The molecule has 2 aromatic rings. The summed E-state index contributed by atoms with van der Waals surface area (Å²) in [6.45, 7) is 2.89. The van der Waals surface area contributed by atoms with Gasteiger partial charge < -0.3 is 14.4 Å². The lowest BCUT2D eigenvalue weighted by atomic mass is 10.2. The predicted octanol–water partition coefficient (Wildman–Crippen LogP) is 3.42. The van der Waals surface area contributed by atoms with Crippen LogP contribution in [0, 0.1) is 12.7 Å². The number of para-hydroxylation sites is 1. The minimum Gasteiger partial charge on any atom is -0.436 e. The number of carbonyl (C=O) groups is 1. The molecule has 0 saturated carbocycles. The van der Waals surface area contributed by atoms with Gasteiger partial charge in [-0.05, 0) is 31.9 Å². The number of amides is 1. The number of ether oxygens (including phenoxy) is 2. The molecule has 1 aliphatic heterocycles. The molecule has 0 bridgehead atoms. The molecule has 0 aliphatic carbocycles. The molecule has 1 aromatic heterocycles. The third kappa shape index (κ3) is 4.16. The van der Waals surface area contributed by atoms with Crippen molar-refractivity contribution in [2.24, 2.45) is 0 Å². The average Bonchev–Trinajstić information content (AvgIpc) is 3.11. The monoisotopic (exact) mass is 359 g/mol. The number of methoxy groups -OCH3 is 1. The molecular formula is C19H22FN3O3. The Bertz CT molecular complexity index is 784. The van der Waals surface area contributed by atoms with Crippen LogP contribution in [0.5, 0.6) is 11.6 Å². The van der Waals surface area contributed by atoms with Gasteiger partial charge in [0.15, 0.2) is 17.4 Å². The van der Waals surface area contributed by atoms with Crippen LogP contribution in [-0.2, 0) is 9.53 Å². The summed E-state index contributed by atoms with van der Waals surface area (Å²) < 4.78 is 24.4. The van der Waals surface area contributed by atoms with E-state index < -0.39 is 5.82 Å². The highest BCUT2D eigenvalue weighted by Crippen LogP contribution is 2.32. The van der Waals surface area contributed by atoms with Crippen LogP contribution in [0.3, 0.4) is 0 Å². The number of aryl methyl sites for hydroxylation is 1. The molecule has 0 unspecified atom stereocenters. The molecule has 1 aromatic carbocycles. The number of carbonyl (C=O) groups excluding carboxylic acids is 1. The molecule has 2 heterocycles. The minimum atomic E-state index is -0.456. The second kappa shape index (κ2) is 8.23. The maximum atomic E-state index is 13.8. The van der Waals surface area contributed by atoms with Crippen LogP contribution in [0.4, 0.5) is 4.39 Å². The zero-order valence-corrected chi connectivity index (χ0v) is 14.9. The number of hydrogen-bond donors (Lipinski definition) is 0. The standard InChI is InChI=1S/C19H22FN3O3/c1-13-12-17(26-16-8-4-3-6-14(16)20)22-19(21-13)15-7-5-10-23(15)18(24)9-11-25-2/h3-4,6,8,12,15H,5,7,9-11H2,1-2H3/t15-/m0/s1. The van der Waals surface area contributed by atoms with Crippen LogP contribution in [0.2, 0.25) is 0 Å². The van der Waals surface area contributed by atoms with E-state index in [9.17, 15) is 9.18 Å². The van der Waals surface area contributed by atoms with Gasteiger partial charge in [-0.3, -0.25) is 4.79 Å². The number of halogens is 1. The van der Waals surface area contributed by atoms with Crippen molar-refractivity contribution in [3.63, 3.8) is 0 Å². The zero-order chi connectivity index (χ0) is 18.5. The van der Waals surface area contributed by atoms with Gasteiger partial charge in [0.1, 0.15) is 0 Å². The maximum absolute atomic E-state index is 13.8. The third-order valence-electron chi connectivity index (χ3n) is 4.29. The largest absolute Gasteiger partial charge is 0.436 e. The van der Waals surface area contributed by atoms with Gasteiger partial charge in [-0.2, -0.15) is 4.98 Å². The number of nitrogens with zero attached hydrogens (tertiary/aromatic N) is 3. The van der Waals surface area contributed by atoms with Crippen molar-refractivity contribution in [1.29, 1.82) is 0 Å². The number of likely N-dealkylation sites (tertiary alicyclic amines) is 1. The first-order valence-corrected chi connectivity index (χ1v) is 8.65. The first kappa shape index (κ1) is 18.3. The zero-order valence-electron chi connectivity index (χ0n) is 14.9. The Morgan fingerprint density at radius 2 is 2.15 bits per heavy atom. The number of rotatable bonds is 6. The molecule has 3 rings (SSSR count). The predicted molar refractivity (Wildman–Crippen MR) is 93.4 cm³/mol. The summed E-state index contributed by atoms with van der Waals surface area (Å²) in [5, 5.41) is 0. The second-order valence-electron chi connectivity index (χ2n) is 6.23. The lowest BCUT2D eigenvalue weighted by molar-refractivity contribution is -0.133. The van der Waals surface area contributed by atoms with Crippen LogP contribution in [-0.4, -0.2) is 41.0 Å². The Balaban J connectivity index is 1.82. The Morgan fingerprint density at radius 3 is 2.92 bits per heavy atom. The van der Waals surface area contributed by atoms with Crippen LogP contribution >= 0.6 is 0 Å². The van der Waals surface area contributed by atoms with Crippen molar-refractivity contribution in [1.82, 2.24) is 14.9 Å². The Morgan fingerprint density at radius 1 is 1.35 bits per heavy atom. The summed E-state index contributed by atoms with van der Waals surface area (Å²) in [5.74, 6) is 0.475. The highest BCUT2D eigenvalue weighted by Gasteiger charge is 2.32. The van der Waals surface area contributed by atoms with Crippen molar-refractivity contribution in [3.05, 3.63) is 47.7 Å². The Labute approximate surface area is 152 Å². The summed E-state index contributed by atoms with van der Waals surface area (Å²) in [4.78, 5) is 23.1. The van der Waals surface area contributed by atoms with Crippen LogP contribution in [0.25, 0.3) is 0 Å². The molecule has 26 heavy (non-hydrogen) atoms. The summed E-state index contributed by atoms with van der Waals surface area (Å²) >= 11 is 0. The van der Waals surface area contributed by atoms with E-state index in [1.54, 1.807) is 36.3 Å². The highest BCUT2D eigenvalue weighted by molar-refractivity contribution is 5.77. The van der Waals surface area contributed by atoms with E-state index in [2.05, 4.69) is 9.97 Å². The Hall–Kier alpha value is -2.54. The van der Waals surface area contributed by atoms with E-state index >= 15 is 0 Å². The molecule has 6 nitrogen and oxygen atoms in total. The van der Waals surface area contributed by atoms with Gasteiger partial charge in [-0.15, -0.1) is 0 Å². The molecule has 0 radical (unpaired) electrons. The molecule has 1 atom stereocenters. The Kier molecular flexibility index (Phi) is 5.78. The SMILES string of the molecule is COCCC(=O)N1CCC[C@H]1c1nc(C)cc(Oc2ccccc2F)n1. The first-order chi connectivity index (χ1) is 12.6. The van der Waals surface area contributed by atoms with E-state index in [-0.39, 0.29) is 23.6 Å². The molecule has 1 fully saturated rings. The topological polar surface area (TPSA) is 64.5 Å². The molecular weight excluding hydrogens is 337 g/mol. The van der Waals surface area contributed by atoms with Gasteiger partial charge in [-0.1, -0.05) is 12.1 Å². The van der Waals surface area contributed by atoms with Gasteiger partial charge in [0.25, 0.3) is 0 Å². The van der Waals surface area contributed by atoms with E-state index in [0.29, 0.717) is 31.1 Å². The quantitative estimate of drug-likeness (QED) is 0.791. The number of hydrogen-bond acceptors (Lipinski definition) is 5. The van der Waals surface area contributed by atoms with Gasteiger partial charge in [-0.25, -0.2) is 9.37 Å². The summed E-state index contributed by atoms with van der Waals surface area (Å²) in [5.41, 5.74) is 0.706. The number of benzene rings is 1. The summed E-state index contributed by atoms with van der Waals surface area (Å²) in [6.07, 6.45) is 2.02. The fourth-order valence-corrected chi connectivity index (χ4v) is 3.07. The fourth-order valence-electron chi connectivity index (χ4n) is 3.07. The van der Waals surface area contributed by atoms with E-state index in [4.69, 9.17) is 9.47 Å². The first-order valence-electron chi connectivity index (χ1n) is 8.65. The molecule has 1 aliphatic rings. The van der Waals surface area contributed by atoms with Gasteiger partial charge in [0.2, 0.25) is 11.8 Å². The maximum Gasteiger partial charge on any atom is 0.225 e. The molecule has 1 amide bonds. The van der Waals surface area contributed by atoms with Crippen LogP contribution < -0.4 is 4.74 Å². The van der Waals surface area contributed by atoms with E-state index in [1.165, 1.54) is 6.07 Å². The van der Waals surface area contributed by atoms with E-state index in [0.717, 1.165) is 12.8 Å². The molecule has 138 valence electrons. The van der Waals surface area contributed by atoms with Gasteiger partial charge in [0, 0.05) is 25.4 Å². The molecule has 1 saturated heterocycles.